The lowest BCUT2D eigenvalue weighted by molar-refractivity contribution is -0.140. The summed E-state index contributed by atoms with van der Waals surface area (Å²) in [6.07, 6.45) is 0.260. The summed E-state index contributed by atoms with van der Waals surface area (Å²) in [6, 6.07) is 0. The highest BCUT2D eigenvalue weighted by Gasteiger charge is 2.14. The van der Waals surface area contributed by atoms with Crippen molar-refractivity contribution in [2.75, 3.05) is 13.2 Å². The zero-order chi connectivity index (χ0) is 9.56. The van der Waals surface area contributed by atoms with E-state index in [2.05, 4.69) is 11.3 Å². The fourth-order valence-electron chi connectivity index (χ4n) is 0.566. The maximum Gasteiger partial charge on any atom is 0.341 e. The molecule has 0 unspecified atom stereocenters. The van der Waals surface area contributed by atoms with E-state index in [-0.39, 0.29) is 30.9 Å². The van der Waals surface area contributed by atoms with Gasteiger partial charge in [0.15, 0.2) is 5.78 Å². The molecule has 0 aliphatic rings. The predicted molar refractivity (Wildman–Crippen MR) is 44.5 cm³/mol. The van der Waals surface area contributed by atoms with Crippen LogP contribution in [0.25, 0.3) is 0 Å². The van der Waals surface area contributed by atoms with Crippen LogP contribution in [0, 0.1) is 0 Å². The molecule has 0 spiro atoms. The number of esters is 1. The highest BCUT2D eigenvalue weighted by atomic mass is 16.5. The first-order valence-electron chi connectivity index (χ1n) is 3.72. The van der Waals surface area contributed by atoms with Crippen LogP contribution in [0.15, 0.2) is 12.2 Å². The van der Waals surface area contributed by atoms with Gasteiger partial charge in [0, 0.05) is 13.0 Å². The van der Waals surface area contributed by atoms with Gasteiger partial charge in [-0.25, -0.2) is 4.79 Å². The molecule has 4 heteroatoms. The lowest BCUT2D eigenvalue weighted by Crippen LogP contribution is -2.18. The Labute approximate surface area is 71.4 Å². The molecule has 0 aliphatic heterocycles. The maximum atomic E-state index is 10.9. The summed E-state index contributed by atoms with van der Waals surface area (Å²) in [7, 11) is 0. The quantitative estimate of drug-likeness (QED) is 0.274. The van der Waals surface area contributed by atoms with Crippen LogP contribution in [0.5, 0.6) is 0 Å². The molecule has 0 fully saturated rings. The van der Waals surface area contributed by atoms with Crippen LogP contribution in [-0.2, 0) is 14.3 Å². The number of nitrogens with two attached hydrogens (primary N) is 1. The number of hydrogen-bond donors (Lipinski definition) is 1. The highest BCUT2D eigenvalue weighted by Crippen LogP contribution is 1.99. The molecule has 0 saturated heterocycles. The number of hydrogen-bond acceptors (Lipinski definition) is 4. The van der Waals surface area contributed by atoms with E-state index < -0.39 is 5.97 Å². The third-order valence-electron chi connectivity index (χ3n) is 1.26. The van der Waals surface area contributed by atoms with Gasteiger partial charge in [-0.3, -0.25) is 4.79 Å². The van der Waals surface area contributed by atoms with E-state index in [1.807, 2.05) is 0 Å². The van der Waals surface area contributed by atoms with E-state index in [0.717, 1.165) is 0 Å². The zero-order valence-corrected chi connectivity index (χ0v) is 7.13. The van der Waals surface area contributed by atoms with Gasteiger partial charge in [-0.2, -0.15) is 0 Å². The Morgan fingerprint density at radius 3 is 2.50 bits per heavy atom. The summed E-state index contributed by atoms with van der Waals surface area (Å²) >= 11 is 0. The number of carbonyl (C=O) groups is 2. The average molecular weight is 171 g/mol. The molecule has 0 aromatic carbocycles. The monoisotopic (exact) mass is 171 g/mol. The predicted octanol–water partition coefficient (Wildman–Crippen LogP) is 0.0236. The van der Waals surface area contributed by atoms with Crippen molar-refractivity contribution in [2.45, 2.75) is 13.3 Å². The van der Waals surface area contributed by atoms with Gasteiger partial charge in [-0.05, 0) is 0 Å². The van der Waals surface area contributed by atoms with Gasteiger partial charge in [-0.15, -0.1) is 0 Å². The molecule has 0 aromatic heterocycles. The van der Waals surface area contributed by atoms with E-state index >= 15 is 0 Å². The smallest absolute Gasteiger partial charge is 0.341 e. The number of Topliss-reactive ketones (excluding diaryl/α,β-unsaturated/α-hetero) is 1. The summed E-state index contributed by atoms with van der Waals surface area (Å²) in [5, 5.41) is 0. The molecule has 0 aliphatic carbocycles. The fraction of sp³-hybridized carbons (Fsp3) is 0.500. The molecule has 68 valence electrons. The van der Waals surface area contributed by atoms with Gasteiger partial charge >= 0.3 is 5.97 Å². The Morgan fingerprint density at radius 1 is 1.50 bits per heavy atom. The molecule has 12 heavy (non-hydrogen) atoms. The summed E-state index contributed by atoms with van der Waals surface area (Å²) in [6.45, 7) is 5.34. The first-order valence-corrected chi connectivity index (χ1v) is 3.72. The SMILES string of the molecule is C=C(C(=O)CC)C(=O)OCCN. The second-order valence-electron chi connectivity index (χ2n) is 2.18. The molecular formula is C8H13NO3. The molecule has 0 bridgehead atoms. The van der Waals surface area contributed by atoms with Crippen LogP contribution >= 0.6 is 0 Å². The normalized spacial score (nSPS) is 9.17. The second kappa shape index (κ2) is 5.49. The van der Waals surface area contributed by atoms with Crippen molar-refractivity contribution in [1.82, 2.24) is 0 Å². The average Bonchev–Trinajstić information content (AvgIpc) is 2.11. The molecule has 0 amide bonds. The fourth-order valence-corrected chi connectivity index (χ4v) is 0.566. The summed E-state index contributed by atoms with van der Waals surface area (Å²) in [5.41, 5.74) is 4.99. The molecule has 0 aromatic rings. The molecule has 4 nitrogen and oxygen atoms in total. The van der Waals surface area contributed by atoms with Crippen LogP contribution in [0.4, 0.5) is 0 Å². The number of ether oxygens (including phenoxy) is 1. The lowest BCUT2D eigenvalue weighted by Gasteiger charge is -2.02. The highest BCUT2D eigenvalue weighted by molar-refractivity contribution is 6.16. The van der Waals surface area contributed by atoms with E-state index in [4.69, 9.17) is 5.73 Å². The van der Waals surface area contributed by atoms with Crippen LogP contribution in [0.3, 0.4) is 0 Å². The molecule has 0 atom stereocenters. The minimum atomic E-state index is -0.674. The van der Waals surface area contributed by atoms with Crippen molar-refractivity contribution in [1.29, 1.82) is 0 Å². The van der Waals surface area contributed by atoms with Crippen molar-refractivity contribution < 1.29 is 14.3 Å². The Balaban J connectivity index is 3.93. The molecule has 0 rings (SSSR count). The first-order chi connectivity index (χ1) is 5.63. The summed E-state index contributed by atoms with van der Waals surface area (Å²) < 4.78 is 4.59. The minimum Gasteiger partial charge on any atom is -0.461 e. The molecule has 0 saturated carbocycles. The largest absolute Gasteiger partial charge is 0.461 e. The lowest BCUT2D eigenvalue weighted by atomic mass is 10.1. The summed E-state index contributed by atoms with van der Waals surface area (Å²) in [5.74, 6) is -0.968. The van der Waals surface area contributed by atoms with Gasteiger partial charge in [0.2, 0.25) is 0 Å². The minimum absolute atomic E-state index is 0.106. The Hall–Kier alpha value is -1.16. The van der Waals surface area contributed by atoms with E-state index in [1.54, 1.807) is 6.92 Å². The van der Waals surface area contributed by atoms with Crippen LogP contribution < -0.4 is 5.73 Å². The molecule has 0 heterocycles. The van der Waals surface area contributed by atoms with Crippen LogP contribution in [-0.4, -0.2) is 24.9 Å². The Kier molecular flexibility index (Phi) is 4.96. The number of carbonyl (C=O) groups excluding carboxylic acids is 2. The molecule has 0 radical (unpaired) electrons. The second-order valence-corrected chi connectivity index (χ2v) is 2.18. The van der Waals surface area contributed by atoms with Gasteiger partial charge in [0.25, 0.3) is 0 Å². The van der Waals surface area contributed by atoms with Crippen molar-refractivity contribution >= 4 is 11.8 Å². The third kappa shape index (κ3) is 3.30. The van der Waals surface area contributed by atoms with E-state index in [9.17, 15) is 9.59 Å². The van der Waals surface area contributed by atoms with E-state index in [1.165, 1.54) is 0 Å². The van der Waals surface area contributed by atoms with Crippen LogP contribution in [0.2, 0.25) is 0 Å². The standard InChI is InChI=1S/C8H13NO3/c1-3-7(10)6(2)8(11)12-5-4-9/h2-5,9H2,1H3. The molecular weight excluding hydrogens is 158 g/mol. The van der Waals surface area contributed by atoms with Crippen molar-refractivity contribution in [2.24, 2.45) is 5.73 Å². The van der Waals surface area contributed by atoms with Crippen molar-refractivity contribution in [3.05, 3.63) is 12.2 Å². The van der Waals surface area contributed by atoms with Gasteiger partial charge in [-0.1, -0.05) is 13.5 Å². The van der Waals surface area contributed by atoms with Gasteiger partial charge in [0.1, 0.15) is 6.61 Å². The summed E-state index contributed by atoms with van der Waals surface area (Å²) in [4.78, 5) is 21.8. The van der Waals surface area contributed by atoms with Gasteiger partial charge < -0.3 is 10.5 Å². The van der Waals surface area contributed by atoms with Crippen molar-refractivity contribution in [3.63, 3.8) is 0 Å². The Bertz CT molecular complexity index is 198. The topological polar surface area (TPSA) is 69.4 Å². The number of rotatable bonds is 5. The molecule has 2 N–H and O–H groups in total. The number of ketones is 1. The third-order valence-corrected chi connectivity index (χ3v) is 1.26. The maximum absolute atomic E-state index is 10.9. The Morgan fingerprint density at radius 2 is 2.08 bits per heavy atom. The first kappa shape index (κ1) is 10.8. The van der Waals surface area contributed by atoms with Gasteiger partial charge in [0.05, 0.1) is 5.57 Å². The zero-order valence-electron chi connectivity index (χ0n) is 7.13. The van der Waals surface area contributed by atoms with Crippen molar-refractivity contribution in [3.8, 4) is 0 Å². The van der Waals surface area contributed by atoms with Crippen LogP contribution in [0.1, 0.15) is 13.3 Å². The van der Waals surface area contributed by atoms with E-state index in [0.29, 0.717) is 0 Å².